The molecule has 0 saturated heterocycles. The Kier molecular flexibility index (Phi) is 5.13. The van der Waals surface area contributed by atoms with Crippen molar-refractivity contribution in [2.75, 3.05) is 0 Å². The summed E-state index contributed by atoms with van der Waals surface area (Å²) >= 11 is 0. The molecule has 1 N–H and O–H groups in total. The number of nitro benzene ring substituents is 1. The molecule has 5 rings (SSSR count). The van der Waals surface area contributed by atoms with Gasteiger partial charge < -0.3 is 4.98 Å². The summed E-state index contributed by atoms with van der Waals surface area (Å²) in [7, 11) is 0. The fraction of sp³-hybridized carbons (Fsp3) is 0.115. The summed E-state index contributed by atoms with van der Waals surface area (Å²) in [6, 6.07) is 22.8. The predicted octanol–water partition coefficient (Wildman–Crippen LogP) is 6.06. The van der Waals surface area contributed by atoms with Crippen LogP contribution in [0.25, 0.3) is 33.8 Å². The number of nitrogens with zero attached hydrogens (tertiary/aromatic N) is 4. The van der Waals surface area contributed by atoms with Crippen molar-refractivity contribution in [3.05, 3.63) is 106 Å². The van der Waals surface area contributed by atoms with Crippen molar-refractivity contribution in [3.63, 3.8) is 0 Å². The summed E-state index contributed by atoms with van der Waals surface area (Å²) in [5.41, 5.74) is 3.86. The van der Waals surface area contributed by atoms with E-state index in [4.69, 9.17) is 9.97 Å². The number of para-hydroxylation sites is 2. The molecule has 0 aliphatic carbocycles. The number of hydrogen-bond donors (Lipinski definition) is 1. The molecule has 0 fully saturated rings. The highest BCUT2D eigenvalue weighted by molar-refractivity contribution is 5.78. The molecule has 3 heterocycles. The van der Waals surface area contributed by atoms with Gasteiger partial charge >= 0.3 is 5.69 Å². The third-order valence-corrected chi connectivity index (χ3v) is 5.85. The molecule has 3 aromatic heterocycles. The standard InChI is InChI=1S/C26H20FN5O2/c1-26(2,23-11-5-9-18(28-23)16-13-14-17(27)22(15-16)32(33)34)24-12-6-10-21(29-24)25-30-19-7-3-4-8-20(19)31-25/h3-15H,1-2H3,(H,30,31). The molecule has 0 aliphatic heterocycles. The second-order valence-electron chi connectivity index (χ2n) is 8.47. The van der Waals surface area contributed by atoms with Crippen LogP contribution in [-0.2, 0) is 5.41 Å². The van der Waals surface area contributed by atoms with Gasteiger partial charge in [-0.25, -0.2) is 9.97 Å². The first-order valence-electron chi connectivity index (χ1n) is 10.7. The van der Waals surface area contributed by atoms with E-state index in [1.54, 1.807) is 6.07 Å². The number of pyridine rings is 2. The zero-order chi connectivity index (χ0) is 23.9. The van der Waals surface area contributed by atoms with Gasteiger partial charge in [0.15, 0.2) is 5.82 Å². The number of nitrogens with one attached hydrogen (secondary N) is 1. The van der Waals surface area contributed by atoms with Crippen molar-refractivity contribution in [1.29, 1.82) is 0 Å². The first-order chi connectivity index (χ1) is 16.3. The molecule has 0 aliphatic rings. The maximum absolute atomic E-state index is 13.8. The van der Waals surface area contributed by atoms with Crippen molar-refractivity contribution in [2.45, 2.75) is 19.3 Å². The highest BCUT2D eigenvalue weighted by Gasteiger charge is 2.27. The molecular formula is C26H20FN5O2. The molecule has 0 atom stereocenters. The Morgan fingerprint density at radius 1 is 0.853 bits per heavy atom. The fourth-order valence-corrected chi connectivity index (χ4v) is 3.88. The minimum absolute atomic E-state index is 0.467. The monoisotopic (exact) mass is 453 g/mol. The van der Waals surface area contributed by atoms with Gasteiger partial charge in [0.05, 0.1) is 33.0 Å². The van der Waals surface area contributed by atoms with Crippen molar-refractivity contribution >= 4 is 16.7 Å². The predicted molar refractivity (Wildman–Crippen MR) is 128 cm³/mol. The third-order valence-electron chi connectivity index (χ3n) is 5.85. The molecule has 2 aromatic carbocycles. The quantitative estimate of drug-likeness (QED) is 0.258. The number of aromatic amines is 1. The average Bonchev–Trinajstić information content (AvgIpc) is 3.29. The van der Waals surface area contributed by atoms with Gasteiger partial charge in [0.1, 0.15) is 5.69 Å². The molecule has 0 amide bonds. The van der Waals surface area contributed by atoms with E-state index in [9.17, 15) is 14.5 Å². The molecule has 34 heavy (non-hydrogen) atoms. The average molecular weight is 453 g/mol. The summed E-state index contributed by atoms with van der Waals surface area (Å²) in [4.78, 5) is 28.0. The van der Waals surface area contributed by atoms with Crippen LogP contribution >= 0.6 is 0 Å². The molecule has 0 spiro atoms. The number of nitro groups is 1. The minimum Gasteiger partial charge on any atom is -0.337 e. The van der Waals surface area contributed by atoms with Gasteiger partial charge in [0, 0.05) is 17.0 Å². The maximum Gasteiger partial charge on any atom is 0.305 e. The number of H-pyrrole nitrogens is 1. The highest BCUT2D eigenvalue weighted by Crippen LogP contribution is 2.32. The Hall–Kier alpha value is -4.46. The summed E-state index contributed by atoms with van der Waals surface area (Å²) in [5.74, 6) is -0.198. The Morgan fingerprint density at radius 2 is 1.53 bits per heavy atom. The van der Waals surface area contributed by atoms with E-state index >= 15 is 0 Å². The zero-order valence-electron chi connectivity index (χ0n) is 18.5. The number of imidazole rings is 1. The summed E-state index contributed by atoms with van der Waals surface area (Å²) in [6.07, 6.45) is 0. The van der Waals surface area contributed by atoms with Gasteiger partial charge in [-0.2, -0.15) is 4.39 Å². The van der Waals surface area contributed by atoms with Crippen molar-refractivity contribution in [3.8, 4) is 22.8 Å². The normalized spacial score (nSPS) is 11.6. The lowest BCUT2D eigenvalue weighted by Gasteiger charge is -2.24. The van der Waals surface area contributed by atoms with E-state index in [1.807, 2.05) is 68.4 Å². The number of benzene rings is 2. The Labute approximate surface area is 194 Å². The van der Waals surface area contributed by atoms with Crippen LogP contribution in [0.15, 0.2) is 78.9 Å². The summed E-state index contributed by atoms with van der Waals surface area (Å²) in [5, 5.41) is 11.2. The summed E-state index contributed by atoms with van der Waals surface area (Å²) in [6.45, 7) is 4.02. The molecule has 168 valence electrons. The minimum atomic E-state index is -0.878. The fourth-order valence-electron chi connectivity index (χ4n) is 3.88. The van der Waals surface area contributed by atoms with Crippen LogP contribution in [0.1, 0.15) is 25.2 Å². The van der Waals surface area contributed by atoms with Crippen LogP contribution in [0.5, 0.6) is 0 Å². The third kappa shape index (κ3) is 3.79. The largest absolute Gasteiger partial charge is 0.337 e. The molecule has 0 bridgehead atoms. The first kappa shape index (κ1) is 21.4. The topological polar surface area (TPSA) is 97.6 Å². The van der Waals surface area contributed by atoms with E-state index in [-0.39, 0.29) is 0 Å². The van der Waals surface area contributed by atoms with Gasteiger partial charge in [0.25, 0.3) is 0 Å². The molecular weight excluding hydrogens is 433 g/mol. The lowest BCUT2D eigenvalue weighted by molar-refractivity contribution is -0.387. The smallest absolute Gasteiger partial charge is 0.305 e. The molecule has 0 radical (unpaired) electrons. The van der Waals surface area contributed by atoms with Crippen LogP contribution in [-0.4, -0.2) is 24.9 Å². The number of rotatable bonds is 5. The van der Waals surface area contributed by atoms with E-state index in [0.29, 0.717) is 22.8 Å². The van der Waals surface area contributed by atoms with Crippen LogP contribution < -0.4 is 0 Å². The second kappa shape index (κ2) is 8.15. The van der Waals surface area contributed by atoms with Crippen LogP contribution in [0.4, 0.5) is 10.1 Å². The van der Waals surface area contributed by atoms with Gasteiger partial charge in [-0.3, -0.25) is 15.1 Å². The van der Waals surface area contributed by atoms with Crippen LogP contribution in [0, 0.1) is 15.9 Å². The number of fused-ring (bicyclic) bond motifs is 1. The molecule has 0 saturated carbocycles. The van der Waals surface area contributed by atoms with Gasteiger partial charge in [-0.1, -0.05) is 24.3 Å². The van der Waals surface area contributed by atoms with Crippen molar-refractivity contribution in [2.24, 2.45) is 0 Å². The second-order valence-corrected chi connectivity index (χ2v) is 8.47. The molecule has 5 aromatic rings. The summed E-state index contributed by atoms with van der Waals surface area (Å²) < 4.78 is 13.8. The highest BCUT2D eigenvalue weighted by atomic mass is 19.1. The van der Waals surface area contributed by atoms with Crippen LogP contribution in [0.2, 0.25) is 0 Å². The SMILES string of the molecule is CC(C)(c1cccc(-c2ccc(F)c([N+](=O)[O-])c2)n1)c1cccc(-c2nc3ccccc3[nH]2)n1. The Bertz CT molecular complexity index is 1510. The van der Waals surface area contributed by atoms with E-state index in [0.717, 1.165) is 28.5 Å². The molecule has 0 unspecified atom stereocenters. The van der Waals surface area contributed by atoms with E-state index < -0.39 is 21.8 Å². The first-order valence-corrected chi connectivity index (χ1v) is 10.7. The van der Waals surface area contributed by atoms with Gasteiger partial charge in [0.2, 0.25) is 5.82 Å². The van der Waals surface area contributed by atoms with Crippen molar-refractivity contribution < 1.29 is 9.31 Å². The van der Waals surface area contributed by atoms with Crippen molar-refractivity contribution in [1.82, 2.24) is 19.9 Å². The zero-order valence-corrected chi connectivity index (χ0v) is 18.5. The Balaban J connectivity index is 1.53. The lowest BCUT2D eigenvalue weighted by Crippen LogP contribution is -2.22. The molecule has 7 nitrogen and oxygen atoms in total. The molecule has 8 heteroatoms. The number of halogens is 1. The van der Waals surface area contributed by atoms with Gasteiger partial charge in [-0.15, -0.1) is 0 Å². The van der Waals surface area contributed by atoms with E-state index in [1.165, 1.54) is 12.1 Å². The Morgan fingerprint density at radius 3 is 2.24 bits per heavy atom. The number of aromatic nitrogens is 4. The van der Waals surface area contributed by atoms with Crippen LogP contribution in [0.3, 0.4) is 0 Å². The maximum atomic E-state index is 13.8. The lowest BCUT2D eigenvalue weighted by atomic mass is 9.84. The van der Waals surface area contributed by atoms with E-state index in [2.05, 4.69) is 9.97 Å². The van der Waals surface area contributed by atoms with Gasteiger partial charge in [-0.05, 0) is 62.4 Å². The number of hydrogen-bond acceptors (Lipinski definition) is 5.